The molecule has 0 radical (unpaired) electrons. The van der Waals surface area contributed by atoms with Crippen LogP contribution in [0.4, 0.5) is 4.79 Å². The first-order valence-electron chi connectivity index (χ1n) is 15.3. The molecule has 0 aromatic carbocycles. The highest BCUT2D eigenvalue weighted by Crippen LogP contribution is 2.70. The second-order valence-corrected chi connectivity index (χ2v) is 13.9. The largest absolute Gasteiger partial charge is 0.431 e. The molecule has 0 bridgehead atoms. The Labute approximate surface area is 233 Å². The van der Waals surface area contributed by atoms with Crippen LogP contribution in [-0.4, -0.2) is 77.8 Å². The molecule has 1 N–H and O–H groups in total. The van der Waals surface area contributed by atoms with Crippen molar-refractivity contribution in [3.05, 3.63) is 46.0 Å². The van der Waals surface area contributed by atoms with Gasteiger partial charge in [0.05, 0.1) is 17.9 Å². The fourth-order valence-electron chi connectivity index (χ4n) is 9.69. The van der Waals surface area contributed by atoms with E-state index < -0.39 is 5.60 Å². The Kier molecular flexibility index (Phi) is 6.77. The molecule has 214 valence electrons. The van der Waals surface area contributed by atoms with E-state index in [4.69, 9.17) is 4.42 Å². The van der Waals surface area contributed by atoms with Crippen LogP contribution in [0.5, 0.6) is 0 Å². The van der Waals surface area contributed by atoms with Crippen LogP contribution < -0.4 is 5.63 Å². The summed E-state index contributed by atoms with van der Waals surface area (Å²) < 4.78 is 5.24. The van der Waals surface area contributed by atoms with Gasteiger partial charge < -0.3 is 24.2 Å². The van der Waals surface area contributed by atoms with Crippen molar-refractivity contribution in [3.8, 4) is 0 Å². The standard InChI is InChI=1S/C32H47N3O4/c1-30-13-10-24(34(4)29(37)35-17-5-16-33(3)18-19-35)20-23(30)7-8-27-26(30)11-14-31(2)25(12-15-32(27,31)38)22-6-9-28(36)39-21-22/h6,9,20-21,24-27,38H,5,7-8,10-19H2,1-4H3/t24-,25+,26-,27+,30-,31+,32-/m0/s1. The van der Waals surface area contributed by atoms with Crippen molar-refractivity contribution in [2.45, 2.75) is 89.2 Å². The molecule has 0 unspecified atom stereocenters. The van der Waals surface area contributed by atoms with Gasteiger partial charge >= 0.3 is 11.7 Å². The van der Waals surface area contributed by atoms with E-state index in [1.54, 1.807) is 6.26 Å². The molecule has 6 rings (SSSR count). The lowest BCUT2D eigenvalue weighted by Crippen LogP contribution is -2.60. The fourth-order valence-corrected chi connectivity index (χ4v) is 9.69. The molecule has 39 heavy (non-hydrogen) atoms. The molecular weight excluding hydrogens is 490 g/mol. The van der Waals surface area contributed by atoms with Crippen molar-refractivity contribution in [1.29, 1.82) is 0 Å². The quantitative estimate of drug-likeness (QED) is 0.546. The zero-order valence-corrected chi connectivity index (χ0v) is 24.3. The van der Waals surface area contributed by atoms with Gasteiger partial charge in [0.25, 0.3) is 0 Å². The first-order chi connectivity index (χ1) is 18.6. The number of nitrogens with zero attached hydrogens (tertiary/aromatic N) is 3. The van der Waals surface area contributed by atoms with Gasteiger partial charge in [0, 0.05) is 38.2 Å². The second kappa shape index (κ2) is 9.76. The zero-order valence-electron chi connectivity index (χ0n) is 24.3. The molecule has 3 saturated carbocycles. The highest BCUT2D eigenvalue weighted by atomic mass is 16.4. The molecule has 7 atom stereocenters. The molecule has 1 aromatic heterocycles. The molecule has 0 spiro atoms. The number of carbonyl (C=O) groups excluding carboxylic acids is 1. The predicted molar refractivity (Wildman–Crippen MR) is 152 cm³/mol. The second-order valence-electron chi connectivity index (χ2n) is 13.9. The van der Waals surface area contributed by atoms with Gasteiger partial charge in [-0.15, -0.1) is 0 Å². The molecule has 1 aromatic rings. The Hall–Kier alpha value is -2.12. The summed E-state index contributed by atoms with van der Waals surface area (Å²) in [5.41, 5.74) is 1.43. The predicted octanol–water partition coefficient (Wildman–Crippen LogP) is 4.86. The van der Waals surface area contributed by atoms with Crippen molar-refractivity contribution in [1.82, 2.24) is 14.7 Å². The highest BCUT2D eigenvalue weighted by Gasteiger charge is 2.66. The van der Waals surface area contributed by atoms with Crippen LogP contribution in [0.1, 0.15) is 83.1 Å². The monoisotopic (exact) mass is 537 g/mol. The topological polar surface area (TPSA) is 77.2 Å². The Morgan fingerprint density at radius 3 is 2.62 bits per heavy atom. The summed E-state index contributed by atoms with van der Waals surface area (Å²) >= 11 is 0. The van der Waals surface area contributed by atoms with E-state index >= 15 is 0 Å². The number of fused-ring (bicyclic) bond motifs is 5. The maximum Gasteiger partial charge on any atom is 0.335 e. The van der Waals surface area contributed by atoms with Crippen LogP contribution in [0.3, 0.4) is 0 Å². The molecule has 4 fully saturated rings. The number of hydrogen-bond donors (Lipinski definition) is 1. The minimum atomic E-state index is -0.700. The average molecular weight is 538 g/mol. The summed E-state index contributed by atoms with van der Waals surface area (Å²) in [5, 5.41) is 12.5. The number of amides is 2. The van der Waals surface area contributed by atoms with Gasteiger partial charge in [-0.1, -0.05) is 25.5 Å². The molecule has 1 saturated heterocycles. The number of rotatable bonds is 2. The van der Waals surface area contributed by atoms with E-state index in [1.165, 1.54) is 11.6 Å². The minimum Gasteiger partial charge on any atom is -0.431 e. The number of hydrogen-bond acceptors (Lipinski definition) is 5. The van der Waals surface area contributed by atoms with Crippen molar-refractivity contribution < 1.29 is 14.3 Å². The minimum absolute atomic E-state index is 0.0866. The highest BCUT2D eigenvalue weighted by molar-refractivity contribution is 5.75. The maximum atomic E-state index is 13.4. The Bertz CT molecular complexity index is 1180. The van der Waals surface area contributed by atoms with Crippen molar-refractivity contribution >= 4 is 6.03 Å². The van der Waals surface area contributed by atoms with E-state index in [0.717, 1.165) is 89.5 Å². The Balaban J connectivity index is 1.21. The van der Waals surface area contributed by atoms with Crippen molar-refractivity contribution in [2.75, 3.05) is 40.3 Å². The molecule has 2 amide bonds. The number of allylic oxidation sites excluding steroid dienone is 1. The molecule has 7 heteroatoms. The van der Waals surface area contributed by atoms with Gasteiger partial charge in [0.2, 0.25) is 0 Å². The number of aliphatic hydroxyl groups is 1. The molecule has 7 nitrogen and oxygen atoms in total. The Morgan fingerprint density at radius 2 is 1.85 bits per heavy atom. The average Bonchev–Trinajstić information content (AvgIpc) is 3.04. The molecular formula is C32H47N3O4. The first kappa shape index (κ1) is 27.1. The summed E-state index contributed by atoms with van der Waals surface area (Å²) in [6.45, 7) is 8.37. The third-order valence-electron chi connectivity index (χ3n) is 12.2. The summed E-state index contributed by atoms with van der Waals surface area (Å²) in [6, 6.07) is 3.75. The third kappa shape index (κ3) is 4.21. The van der Waals surface area contributed by atoms with Gasteiger partial charge in [0.1, 0.15) is 0 Å². The van der Waals surface area contributed by atoms with Crippen LogP contribution in [0, 0.1) is 22.7 Å². The summed E-state index contributed by atoms with van der Waals surface area (Å²) in [6.07, 6.45) is 13.0. The van der Waals surface area contributed by atoms with Crippen molar-refractivity contribution in [2.24, 2.45) is 22.7 Å². The van der Waals surface area contributed by atoms with Crippen LogP contribution in [0.15, 0.2) is 39.3 Å². The Morgan fingerprint density at radius 1 is 1.03 bits per heavy atom. The van der Waals surface area contributed by atoms with E-state index in [0.29, 0.717) is 5.92 Å². The lowest BCUT2D eigenvalue weighted by Gasteiger charge is -2.62. The van der Waals surface area contributed by atoms with E-state index in [9.17, 15) is 14.7 Å². The molecule has 5 aliphatic rings. The summed E-state index contributed by atoms with van der Waals surface area (Å²) in [5.74, 6) is 0.960. The van der Waals surface area contributed by atoms with Crippen LogP contribution in [-0.2, 0) is 0 Å². The van der Waals surface area contributed by atoms with E-state index in [-0.39, 0.29) is 40.4 Å². The number of likely N-dealkylation sites (N-methyl/N-ethyl adjacent to an activating group) is 2. The third-order valence-corrected chi connectivity index (χ3v) is 12.2. The molecule has 4 aliphatic carbocycles. The summed E-state index contributed by atoms with van der Waals surface area (Å²) in [4.78, 5) is 31.4. The van der Waals surface area contributed by atoms with Crippen molar-refractivity contribution in [3.63, 3.8) is 0 Å². The summed E-state index contributed by atoms with van der Waals surface area (Å²) in [7, 11) is 4.13. The van der Waals surface area contributed by atoms with Gasteiger partial charge in [-0.25, -0.2) is 9.59 Å². The van der Waals surface area contributed by atoms with Crippen LogP contribution >= 0.6 is 0 Å². The van der Waals surface area contributed by atoms with Crippen LogP contribution in [0.2, 0.25) is 0 Å². The van der Waals surface area contributed by atoms with E-state index in [2.05, 4.69) is 31.9 Å². The van der Waals surface area contributed by atoms with Gasteiger partial charge in [0.15, 0.2) is 0 Å². The van der Waals surface area contributed by atoms with E-state index in [1.807, 2.05) is 22.9 Å². The first-order valence-corrected chi connectivity index (χ1v) is 15.3. The van der Waals surface area contributed by atoms with Gasteiger partial charge in [-0.2, -0.15) is 0 Å². The number of urea groups is 1. The van der Waals surface area contributed by atoms with Gasteiger partial charge in [-0.05, 0) is 106 Å². The maximum absolute atomic E-state index is 13.4. The molecule has 2 heterocycles. The van der Waals surface area contributed by atoms with Crippen LogP contribution in [0.25, 0.3) is 0 Å². The normalized spacial score (nSPS) is 40.6. The molecule has 1 aliphatic heterocycles. The lowest BCUT2D eigenvalue weighted by molar-refractivity contribution is -0.177. The SMILES string of the molecule is CN1CCCN(C(=O)N(C)[C@@H]2C=C3CC[C@@H]4[C@H](CC[C@]5(C)[C@@H](c6ccc(=O)oc6)CC[C@]45O)[C@@]3(C)CC2)CC1. The smallest absolute Gasteiger partial charge is 0.335 e. The number of carbonyl (C=O) groups is 1. The lowest BCUT2D eigenvalue weighted by atomic mass is 9.45. The fraction of sp³-hybridized carbons (Fsp3) is 0.750. The van der Waals surface area contributed by atoms with Gasteiger partial charge in [-0.3, -0.25) is 0 Å². The zero-order chi connectivity index (χ0) is 27.6.